The molecule has 26 heavy (non-hydrogen) atoms. The van der Waals surface area contributed by atoms with E-state index in [1.807, 2.05) is 6.07 Å². The Labute approximate surface area is 154 Å². The summed E-state index contributed by atoms with van der Waals surface area (Å²) in [5, 5.41) is 5.82. The first-order valence-corrected chi connectivity index (χ1v) is 8.26. The summed E-state index contributed by atoms with van der Waals surface area (Å²) in [4.78, 5) is 36.9. The van der Waals surface area contributed by atoms with Crippen molar-refractivity contribution < 1.29 is 19.1 Å². The maximum atomic E-state index is 12.4. The summed E-state index contributed by atoms with van der Waals surface area (Å²) in [5.41, 5.74) is 1.20. The van der Waals surface area contributed by atoms with Crippen LogP contribution in [0.3, 0.4) is 0 Å². The number of imide groups is 1. The average Bonchev–Trinajstić information content (AvgIpc) is 2.96. The van der Waals surface area contributed by atoms with Crippen molar-refractivity contribution in [3.8, 4) is 0 Å². The van der Waals surface area contributed by atoms with Gasteiger partial charge in [0.1, 0.15) is 0 Å². The van der Waals surface area contributed by atoms with Crippen molar-refractivity contribution in [3.63, 3.8) is 0 Å². The van der Waals surface area contributed by atoms with Crippen LogP contribution in [0.4, 0.5) is 15.3 Å². The number of para-hydroxylation sites is 1. The number of anilines is 1. The zero-order valence-electron chi connectivity index (χ0n) is 13.6. The van der Waals surface area contributed by atoms with E-state index >= 15 is 0 Å². The van der Waals surface area contributed by atoms with Gasteiger partial charge < -0.3 is 15.4 Å². The minimum atomic E-state index is -0.718. The van der Waals surface area contributed by atoms with Gasteiger partial charge in [0.25, 0.3) is 5.91 Å². The minimum absolute atomic E-state index is 0.0301. The van der Waals surface area contributed by atoms with Crippen molar-refractivity contribution in [2.24, 2.45) is 0 Å². The number of rotatable bonds is 5. The molecule has 1 aliphatic heterocycles. The molecule has 1 atom stereocenters. The van der Waals surface area contributed by atoms with Crippen LogP contribution >= 0.6 is 11.6 Å². The van der Waals surface area contributed by atoms with Crippen LogP contribution in [0, 0.1) is 0 Å². The number of amides is 4. The van der Waals surface area contributed by atoms with Crippen LogP contribution in [-0.2, 0) is 9.53 Å². The molecular weight excluding hydrogens is 358 g/mol. The van der Waals surface area contributed by atoms with E-state index < -0.39 is 24.1 Å². The number of nitrogens with zero attached hydrogens (tertiary/aromatic N) is 1. The van der Waals surface area contributed by atoms with Crippen molar-refractivity contribution in [2.75, 3.05) is 18.5 Å². The van der Waals surface area contributed by atoms with Crippen LogP contribution in [0.1, 0.15) is 11.6 Å². The first-order chi connectivity index (χ1) is 12.5. The second-order valence-corrected chi connectivity index (χ2v) is 6.01. The smallest absolute Gasteiger partial charge is 0.417 e. The third-order valence-electron chi connectivity index (χ3n) is 3.84. The zero-order valence-corrected chi connectivity index (χ0v) is 14.4. The van der Waals surface area contributed by atoms with Crippen LogP contribution in [0.2, 0.25) is 5.02 Å². The first-order valence-electron chi connectivity index (χ1n) is 7.88. The number of hydrogen-bond acceptors (Lipinski definition) is 4. The fraction of sp³-hybridized carbons (Fsp3) is 0.167. The number of carbonyl (C=O) groups is 3. The van der Waals surface area contributed by atoms with Crippen LogP contribution in [0.25, 0.3) is 0 Å². The standard InChI is InChI=1S/C18H16ClN3O4/c19-13-8-4-5-9-14(13)20-17(24)21-15(12-6-2-1-3-7-12)10-22-16(23)11-26-18(22)25/h1-9,15H,10-11H2,(H2,20,21,24). The highest BCUT2D eigenvalue weighted by Gasteiger charge is 2.33. The number of carbonyl (C=O) groups excluding carboxylic acids is 3. The Morgan fingerprint density at radius 2 is 1.81 bits per heavy atom. The fourth-order valence-electron chi connectivity index (χ4n) is 2.54. The fourth-order valence-corrected chi connectivity index (χ4v) is 2.72. The van der Waals surface area contributed by atoms with Crippen molar-refractivity contribution >= 4 is 35.3 Å². The van der Waals surface area contributed by atoms with Crippen LogP contribution in [0.5, 0.6) is 0 Å². The van der Waals surface area contributed by atoms with Gasteiger partial charge in [0, 0.05) is 0 Å². The van der Waals surface area contributed by atoms with Crippen LogP contribution in [-0.4, -0.2) is 36.1 Å². The quantitative estimate of drug-likeness (QED) is 0.842. The van der Waals surface area contributed by atoms with E-state index in [4.69, 9.17) is 16.3 Å². The van der Waals surface area contributed by atoms with E-state index in [-0.39, 0.29) is 13.2 Å². The lowest BCUT2D eigenvalue weighted by molar-refractivity contribution is -0.126. The number of cyclic esters (lactones) is 1. The van der Waals surface area contributed by atoms with Crippen molar-refractivity contribution in [1.82, 2.24) is 10.2 Å². The molecule has 8 heteroatoms. The lowest BCUT2D eigenvalue weighted by atomic mass is 10.1. The highest BCUT2D eigenvalue weighted by molar-refractivity contribution is 6.33. The Kier molecular flexibility index (Phi) is 5.38. The number of benzene rings is 2. The highest BCUT2D eigenvalue weighted by Crippen LogP contribution is 2.21. The third kappa shape index (κ3) is 4.12. The second-order valence-electron chi connectivity index (χ2n) is 5.60. The minimum Gasteiger partial charge on any atom is -0.439 e. The van der Waals surface area contributed by atoms with Gasteiger partial charge in [-0.15, -0.1) is 0 Å². The summed E-state index contributed by atoms with van der Waals surface area (Å²) < 4.78 is 4.72. The van der Waals surface area contributed by atoms with E-state index in [9.17, 15) is 14.4 Å². The molecule has 1 saturated heterocycles. The third-order valence-corrected chi connectivity index (χ3v) is 4.16. The van der Waals surface area contributed by atoms with E-state index in [0.717, 1.165) is 10.5 Å². The Hall–Kier alpha value is -3.06. The molecule has 0 radical (unpaired) electrons. The largest absolute Gasteiger partial charge is 0.439 e. The van der Waals surface area contributed by atoms with E-state index in [0.29, 0.717) is 10.7 Å². The molecule has 2 aromatic rings. The highest BCUT2D eigenvalue weighted by atomic mass is 35.5. The molecule has 0 aliphatic carbocycles. The van der Waals surface area contributed by atoms with E-state index in [2.05, 4.69) is 10.6 Å². The Morgan fingerprint density at radius 3 is 2.46 bits per heavy atom. The predicted molar refractivity (Wildman–Crippen MR) is 95.9 cm³/mol. The predicted octanol–water partition coefficient (Wildman–Crippen LogP) is 3.18. The molecule has 7 nitrogen and oxygen atoms in total. The molecule has 4 amide bonds. The molecule has 3 rings (SSSR count). The molecular formula is C18H16ClN3O4. The van der Waals surface area contributed by atoms with E-state index in [1.165, 1.54) is 0 Å². The van der Waals surface area contributed by atoms with Gasteiger partial charge >= 0.3 is 12.1 Å². The van der Waals surface area contributed by atoms with Crippen LogP contribution < -0.4 is 10.6 Å². The number of ether oxygens (including phenoxy) is 1. The Morgan fingerprint density at radius 1 is 1.12 bits per heavy atom. The topological polar surface area (TPSA) is 87.7 Å². The molecule has 0 spiro atoms. The molecule has 0 saturated carbocycles. The monoisotopic (exact) mass is 373 g/mol. The van der Waals surface area contributed by atoms with Gasteiger partial charge in [0.05, 0.1) is 23.3 Å². The van der Waals surface area contributed by atoms with Crippen molar-refractivity contribution in [3.05, 3.63) is 65.2 Å². The Balaban J connectivity index is 1.75. The number of nitrogens with one attached hydrogen (secondary N) is 2. The normalized spacial score (nSPS) is 14.7. The maximum Gasteiger partial charge on any atom is 0.417 e. The molecule has 134 valence electrons. The van der Waals surface area contributed by atoms with Gasteiger partial charge in [-0.25, -0.2) is 14.5 Å². The number of urea groups is 1. The van der Waals surface area contributed by atoms with Gasteiger partial charge in [-0.3, -0.25) is 4.79 Å². The molecule has 1 heterocycles. The number of hydrogen-bond donors (Lipinski definition) is 2. The van der Waals surface area contributed by atoms with Gasteiger partial charge in [0.15, 0.2) is 6.61 Å². The lowest BCUT2D eigenvalue weighted by Gasteiger charge is -2.23. The summed E-state index contributed by atoms with van der Waals surface area (Å²) >= 11 is 6.04. The van der Waals surface area contributed by atoms with Crippen molar-refractivity contribution in [2.45, 2.75) is 6.04 Å². The zero-order chi connectivity index (χ0) is 18.5. The first kappa shape index (κ1) is 17.8. The van der Waals surface area contributed by atoms with Gasteiger partial charge in [0.2, 0.25) is 0 Å². The Bertz CT molecular complexity index is 812. The summed E-state index contributed by atoms with van der Waals surface area (Å²) in [7, 11) is 0. The summed E-state index contributed by atoms with van der Waals surface area (Å²) in [6.07, 6.45) is -0.718. The molecule has 0 aromatic heterocycles. The van der Waals surface area contributed by atoms with Gasteiger partial charge in [-0.1, -0.05) is 54.1 Å². The maximum absolute atomic E-state index is 12.4. The van der Waals surface area contributed by atoms with Crippen molar-refractivity contribution in [1.29, 1.82) is 0 Å². The average molecular weight is 374 g/mol. The number of halogens is 1. The second kappa shape index (κ2) is 7.88. The molecule has 2 N–H and O–H groups in total. The summed E-state index contributed by atoms with van der Waals surface area (Å²) in [6, 6.07) is 14.8. The summed E-state index contributed by atoms with van der Waals surface area (Å²) in [5.74, 6) is -0.441. The molecule has 0 bridgehead atoms. The molecule has 1 aliphatic rings. The van der Waals surface area contributed by atoms with E-state index in [1.54, 1.807) is 48.5 Å². The summed E-state index contributed by atoms with van der Waals surface area (Å²) in [6.45, 7) is -0.316. The SMILES string of the molecule is O=C(Nc1ccccc1Cl)NC(CN1C(=O)COC1=O)c1ccccc1. The van der Waals surface area contributed by atoms with Gasteiger partial charge in [-0.2, -0.15) is 0 Å². The molecule has 1 fully saturated rings. The molecule has 2 aromatic carbocycles. The lowest BCUT2D eigenvalue weighted by Crippen LogP contribution is -2.41. The van der Waals surface area contributed by atoms with Crippen LogP contribution in [0.15, 0.2) is 54.6 Å². The van der Waals surface area contributed by atoms with Gasteiger partial charge in [-0.05, 0) is 17.7 Å². The molecule has 1 unspecified atom stereocenters.